The molecular weight excluding hydrogens is 350 g/mol. The van der Waals surface area contributed by atoms with Crippen molar-refractivity contribution in [2.24, 2.45) is 0 Å². The van der Waals surface area contributed by atoms with Crippen LogP contribution in [0.5, 0.6) is 0 Å². The molecule has 2 aromatic carbocycles. The van der Waals surface area contributed by atoms with Gasteiger partial charge in [-0.05, 0) is 18.1 Å². The van der Waals surface area contributed by atoms with E-state index in [1.807, 2.05) is 65.5 Å². The molecule has 7 heteroatoms. The van der Waals surface area contributed by atoms with Crippen molar-refractivity contribution in [3.63, 3.8) is 0 Å². The molecule has 3 aromatic rings. The highest BCUT2D eigenvalue weighted by Gasteiger charge is 2.09. The molecule has 26 heavy (non-hydrogen) atoms. The van der Waals surface area contributed by atoms with Gasteiger partial charge in [0.25, 0.3) is 0 Å². The number of hydrogen-bond acceptors (Lipinski definition) is 4. The zero-order chi connectivity index (χ0) is 18.2. The lowest BCUT2D eigenvalue weighted by Crippen LogP contribution is -2.29. The van der Waals surface area contributed by atoms with Crippen LogP contribution in [-0.4, -0.2) is 37.1 Å². The van der Waals surface area contributed by atoms with Gasteiger partial charge in [-0.2, -0.15) is 5.10 Å². The maximum atomic E-state index is 12.0. The number of rotatable bonds is 10. The van der Waals surface area contributed by atoms with Crippen LogP contribution in [0.3, 0.4) is 0 Å². The Bertz CT molecular complexity index is 890. The molecule has 1 aromatic heterocycles. The van der Waals surface area contributed by atoms with Crippen molar-refractivity contribution < 1.29 is 13.2 Å². The first kappa shape index (κ1) is 18.6. The van der Waals surface area contributed by atoms with Gasteiger partial charge >= 0.3 is 0 Å². The van der Waals surface area contributed by atoms with E-state index in [9.17, 15) is 8.42 Å². The molecule has 0 radical (unpaired) electrons. The summed E-state index contributed by atoms with van der Waals surface area (Å²) >= 11 is 0. The van der Waals surface area contributed by atoms with Crippen LogP contribution in [0.15, 0.2) is 60.8 Å². The zero-order valence-electron chi connectivity index (χ0n) is 14.5. The molecule has 0 atom stereocenters. The van der Waals surface area contributed by atoms with Gasteiger partial charge in [-0.25, -0.2) is 13.1 Å². The monoisotopic (exact) mass is 373 g/mol. The molecule has 0 amide bonds. The number of ether oxygens (including phenoxy) is 1. The summed E-state index contributed by atoms with van der Waals surface area (Å²) in [5.74, 6) is -0.0362. The summed E-state index contributed by atoms with van der Waals surface area (Å²) in [5, 5.41) is 5.54. The number of aromatic nitrogens is 2. The van der Waals surface area contributed by atoms with Crippen LogP contribution in [0.25, 0.3) is 10.9 Å². The molecule has 0 saturated carbocycles. The molecule has 0 aliphatic heterocycles. The molecule has 0 bridgehead atoms. The molecule has 138 valence electrons. The van der Waals surface area contributed by atoms with Crippen molar-refractivity contribution in [3.05, 3.63) is 66.4 Å². The van der Waals surface area contributed by atoms with E-state index in [1.54, 1.807) is 0 Å². The zero-order valence-corrected chi connectivity index (χ0v) is 15.4. The Labute approximate surface area is 153 Å². The number of fused-ring (bicyclic) bond motifs is 1. The van der Waals surface area contributed by atoms with E-state index in [4.69, 9.17) is 4.74 Å². The second-order valence-corrected chi connectivity index (χ2v) is 7.98. The second kappa shape index (κ2) is 8.93. The quantitative estimate of drug-likeness (QED) is 0.554. The third-order valence-electron chi connectivity index (χ3n) is 3.95. The first-order valence-electron chi connectivity index (χ1n) is 8.64. The molecule has 0 spiro atoms. The minimum Gasteiger partial charge on any atom is -0.376 e. The number of sulfonamides is 1. The predicted octanol–water partition coefficient (Wildman–Crippen LogP) is 2.56. The predicted molar refractivity (Wildman–Crippen MR) is 102 cm³/mol. The summed E-state index contributed by atoms with van der Waals surface area (Å²) in [6, 6.07) is 17.6. The summed E-state index contributed by atoms with van der Waals surface area (Å²) in [6.07, 6.45) is 2.65. The smallest absolute Gasteiger partial charge is 0.213 e. The number of benzene rings is 2. The summed E-state index contributed by atoms with van der Waals surface area (Å²) in [4.78, 5) is 0. The van der Waals surface area contributed by atoms with E-state index < -0.39 is 10.0 Å². The molecule has 1 N–H and O–H groups in total. The van der Waals surface area contributed by atoms with Crippen LogP contribution in [0.1, 0.15) is 12.0 Å². The van der Waals surface area contributed by atoms with Crippen molar-refractivity contribution in [1.82, 2.24) is 14.5 Å². The normalized spacial score (nSPS) is 11.8. The number of nitrogens with one attached hydrogen (secondary N) is 1. The van der Waals surface area contributed by atoms with Gasteiger partial charge in [0.2, 0.25) is 10.0 Å². The number of nitrogens with zero attached hydrogens (tertiary/aromatic N) is 2. The molecule has 6 nitrogen and oxygen atoms in total. The largest absolute Gasteiger partial charge is 0.376 e. The van der Waals surface area contributed by atoms with Gasteiger partial charge in [-0.1, -0.05) is 48.5 Å². The Morgan fingerprint density at radius 1 is 1.04 bits per heavy atom. The summed E-state index contributed by atoms with van der Waals surface area (Å²) < 4.78 is 33.9. The van der Waals surface area contributed by atoms with E-state index in [-0.39, 0.29) is 12.4 Å². The van der Waals surface area contributed by atoms with Crippen molar-refractivity contribution >= 4 is 20.9 Å². The summed E-state index contributed by atoms with van der Waals surface area (Å²) in [5.41, 5.74) is 1.98. The molecule has 0 saturated heterocycles. The van der Waals surface area contributed by atoms with Gasteiger partial charge in [-0.3, -0.25) is 4.68 Å². The minimum absolute atomic E-state index is 0.0362. The highest BCUT2D eigenvalue weighted by molar-refractivity contribution is 7.89. The van der Waals surface area contributed by atoms with Crippen LogP contribution < -0.4 is 4.72 Å². The van der Waals surface area contributed by atoms with E-state index >= 15 is 0 Å². The molecule has 0 aliphatic carbocycles. The minimum atomic E-state index is -3.32. The lowest BCUT2D eigenvalue weighted by atomic mass is 10.2. The number of hydrogen-bond donors (Lipinski definition) is 1. The molecule has 0 aliphatic rings. The summed E-state index contributed by atoms with van der Waals surface area (Å²) in [7, 11) is -3.32. The first-order chi connectivity index (χ1) is 12.6. The Morgan fingerprint density at radius 3 is 2.62 bits per heavy atom. The average Bonchev–Trinajstić information content (AvgIpc) is 3.06. The van der Waals surface area contributed by atoms with Gasteiger partial charge < -0.3 is 4.74 Å². The Kier molecular flexibility index (Phi) is 6.38. The maximum absolute atomic E-state index is 12.0. The van der Waals surface area contributed by atoms with Crippen molar-refractivity contribution in [3.8, 4) is 0 Å². The van der Waals surface area contributed by atoms with E-state index in [0.717, 1.165) is 16.5 Å². The molecule has 0 fully saturated rings. The van der Waals surface area contributed by atoms with E-state index in [0.29, 0.717) is 26.1 Å². The van der Waals surface area contributed by atoms with Crippen LogP contribution >= 0.6 is 0 Å². The average molecular weight is 373 g/mol. The van der Waals surface area contributed by atoms with Gasteiger partial charge in [0.1, 0.15) is 0 Å². The maximum Gasteiger partial charge on any atom is 0.213 e. The standard InChI is InChI=1S/C19H23N3O3S/c23-26(24,14-13-25-16-17-7-2-1-3-8-17)20-11-6-12-22-15-18-9-4-5-10-19(18)21-22/h1-5,7-10,15,20H,6,11-14,16H2. The molecule has 1 heterocycles. The third kappa shape index (κ3) is 5.66. The highest BCUT2D eigenvalue weighted by Crippen LogP contribution is 2.10. The highest BCUT2D eigenvalue weighted by atomic mass is 32.2. The van der Waals surface area contributed by atoms with Gasteiger partial charge in [-0.15, -0.1) is 0 Å². The molecule has 0 unspecified atom stereocenters. The Morgan fingerprint density at radius 2 is 1.81 bits per heavy atom. The fraction of sp³-hybridized carbons (Fsp3) is 0.316. The van der Waals surface area contributed by atoms with Crippen molar-refractivity contribution in [2.75, 3.05) is 18.9 Å². The molecule has 3 rings (SSSR count). The van der Waals surface area contributed by atoms with Crippen molar-refractivity contribution in [1.29, 1.82) is 0 Å². The van der Waals surface area contributed by atoms with Crippen molar-refractivity contribution in [2.45, 2.75) is 19.6 Å². The second-order valence-electron chi connectivity index (χ2n) is 6.06. The Hall–Kier alpha value is -2.22. The third-order valence-corrected chi connectivity index (χ3v) is 5.30. The summed E-state index contributed by atoms with van der Waals surface area (Å²) in [6.45, 7) is 1.65. The van der Waals surface area contributed by atoms with Gasteiger partial charge in [0, 0.05) is 24.7 Å². The molecular formula is C19H23N3O3S. The fourth-order valence-electron chi connectivity index (χ4n) is 2.60. The van der Waals surface area contributed by atoms with Crippen LogP contribution in [0, 0.1) is 0 Å². The SMILES string of the molecule is O=S(=O)(CCOCc1ccccc1)NCCCn1cc2ccccc2n1. The Balaban J connectivity index is 1.34. The topological polar surface area (TPSA) is 73.2 Å². The van der Waals surface area contributed by atoms with E-state index in [1.165, 1.54) is 0 Å². The van der Waals surface area contributed by atoms with Crippen LogP contribution in [-0.2, 0) is 27.9 Å². The first-order valence-corrected chi connectivity index (χ1v) is 10.3. The van der Waals surface area contributed by atoms with Gasteiger partial charge in [0.15, 0.2) is 0 Å². The lowest BCUT2D eigenvalue weighted by molar-refractivity contribution is 0.135. The number of aryl methyl sites for hydroxylation is 1. The van der Waals surface area contributed by atoms with Gasteiger partial charge in [0.05, 0.1) is 24.5 Å². The van der Waals surface area contributed by atoms with E-state index in [2.05, 4.69) is 9.82 Å². The lowest BCUT2D eigenvalue weighted by Gasteiger charge is -2.08. The van der Waals surface area contributed by atoms with Crippen LogP contribution in [0.2, 0.25) is 0 Å². The van der Waals surface area contributed by atoms with Crippen LogP contribution in [0.4, 0.5) is 0 Å². The fourth-order valence-corrected chi connectivity index (χ4v) is 3.54.